The van der Waals surface area contributed by atoms with Crippen molar-refractivity contribution in [3.63, 3.8) is 0 Å². The lowest BCUT2D eigenvalue weighted by molar-refractivity contribution is -0.119. The first kappa shape index (κ1) is 14.0. The van der Waals surface area contributed by atoms with Crippen molar-refractivity contribution in [1.29, 1.82) is 0 Å². The number of Topliss-reactive ketones (excluding diaryl/α,β-unsaturated/α-hetero) is 1. The zero-order valence-electron chi connectivity index (χ0n) is 10.1. The quantitative estimate of drug-likeness (QED) is 0.809. The molecule has 0 aromatic heterocycles. The van der Waals surface area contributed by atoms with Crippen molar-refractivity contribution in [3.05, 3.63) is 33.3 Å². The van der Waals surface area contributed by atoms with Gasteiger partial charge in [-0.25, -0.2) is 0 Å². The van der Waals surface area contributed by atoms with Crippen molar-refractivity contribution < 1.29 is 9.53 Å². The van der Waals surface area contributed by atoms with Crippen LogP contribution in [0.4, 0.5) is 0 Å². The van der Waals surface area contributed by atoms with Crippen LogP contribution in [0.3, 0.4) is 0 Å². The Kier molecular flexibility index (Phi) is 5.22. The molecule has 1 aliphatic heterocycles. The second-order valence-electron chi connectivity index (χ2n) is 4.62. The van der Waals surface area contributed by atoms with Crippen molar-refractivity contribution in [2.75, 3.05) is 6.61 Å². The maximum Gasteiger partial charge on any atom is 0.137 e. The molecule has 0 radical (unpaired) electrons. The Labute approximate surface area is 121 Å². The van der Waals surface area contributed by atoms with E-state index in [0.29, 0.717) is 17.9 Å². The van der Waals surface area contributed by atoms with Crippen LogP contribution >= 0.6 is 27.5 Å². The Hall–Kier alpha value is -0.380. The van der Waals surface area contributed by atoms with E-state index in [9.17, 15) is 4.79 Å². The normalized spacial score (nSPS) is 19.1. The molecule has 4 heteroatoms. The van der Waals surface area contributed by atoms with E-state index in [0.717, 1.165) is 35.9 Å². The SMILES string of the molecule is O=C(CCC1CCCO1)Cc1ccc(Br)cc1Cl. The summed E-state index contributed by atoms with van der Waals surface area (Å²) in [5.74, 6) is 0.231. The predicted molar refractivity (Wildman–Crippen MR) is 76.1 cm³/mol. The number of ketones is 1. The lowest BCUT2D eigenvalue weighted by atomic mass is 10.0. The van der Waals surface area contributed by atoms with Gasteiger partial charge in [0.2, 0.25) is 0 Å². The number of benzene rings is 1. The summed E-state index contributed by atoms with van der Waals surface area (Å²) in [6, 6.07) is 5.63. The molecule has 0 bridgehead atoms. The summed E-state index contributed by atoms with van der Waals surface area (Å²) in [6.07, 6.45) is 4.33. The fourth-order valence-corrected chi connectivity index (χ4v) is 2.90. The molecule has 0 saturated carbocycles. The standard InChI is InChI=1S/C14H16BrClO2/c15-11-4-3-10(14(16)9-11)8-12(17)5-6-13-2-1-7-18-13/h3-4,9,13H,1-2,5-8H2. The second kappa shape index (κ2) is 6.69. The molecule has 0 amide bonds. The Morgan fingerprint density at radius 2 is 2.33 bits per heavy atom. The summed E-state index contributed by atoms with van der Waals surface area (Å²) < 4.78 is 6.44. The summed E-state index contributed by atoms with van der Waals surface area (Å²) in [4.78, 5) is 11.9. The molecular formula is C14H16BrClO2. The highest BCUT2D eigenvalue weighted by molar-refractivity contribution is 9.10. The van der Waals surface area contributed by atoms with Gasteiger partial charge in [-0.2, -0.15) is 0 Å². The molecule has 1 aromatic rings. The van der Waals surface area contributed by atoms with Gasteiger partial charge in [0.1, 0.15) is 5.78 Å². The first-order valence-corrected chi connectivity index (χ1v) is 7.39. The molecule has 0 aliphatic carbocycles. The molecule has 1 heterocycles. The summed E-state index contributed by atoms with van der Waals surface area (Å²) in [5, 5.41) is 0.648. The zero-order valence-corrected chi connectivity index (χ0v) is 12.5. The van der Waals surface area contributed by atoms with Gasteiger partial charge < -0.3 is 4.74 Å². The number of hydrogen-bond acceptors (Lipinski definition) is 2. The lowest BCUT2D eigenvalue weighted by Gasteiger charge is -2.08. The van der Waals surface area contributed by atoms with Gasteiger partial charge in [-0.3, -0.25) is 4.79 Å². The molecule has 1 aromatic carbocycles. The minimum atomic E-state index is 0.231. The molecule has 18 heavy (non-hydrogen) atoms. The van der Waals surface area contributed by atoms with Crippen molar-refractivity contribution >= 4 is 33.3 Å². The maximum absolute atomic E-state index is 11.9. The highest BCUT2D eigenvalue weighted by Gasteiger charge is 2.17. The van der Waals surface area contributed by atoms with E-state index in [1.165, 1.54) is 0 Å². The van der Waals surface area contributed by atoms with E-state index >= 15 is 0 Å². The monoisotopic (exact) mass is 330 g/mol. The van der Waals surface area contributed by atoms with E-state index in [1.54, 1.807) is 0 Å². The smallest absolute Gasteiger partial charge is 0.137 e. The second-order valence-corrected chi connectivity index (χ2v) is 5.95. The van der Waals surface area contributed by atoms with Crippen LogP contribution in [-0.2, 0) is 16.0 Å². The number of carbonyl (C=O) groups excluding carboxylic acids is 1. The third-order valence-corrected chi connectivity index (χ3v) is 4.02. The van der Waals surface area contributed by atoms with Gasteiger partial charge in [0, 0.05) is 28.9 Å². The lowest BCUT2D eigenvalue weighted by Crippen LogP contribution is -2.10. The van der Waals surface area contributed by atoms with E-state index < -0.39 is 0 Å². The predicted octanol–water partition coefficient (Wildman–Crippen LogP) is 4.17. The average molecular weight is 332 g/mol. The van der Waals surface area contributed by atoms with Crippen LogP contribution in [0, 0.1) is 0 Å². The number of halogens is 2. The molecule has 1 fully saturated rings. The zero-order chi connectivity index (χ0) is 13.0. The number of ether oxygens (including phenoxy) is 1. The summed E-state index contributed by atoms with van der Waals surface area (Å²) in [5.41, 5.74) is 0.900. The van der Waals surface area contributed by atoms with Crippen LogP contribution in [0.5, 0.6) is 0 Å². The molecule has 2 nitrogen and oxygen atoms in total. The molecular weight excluding hydrogens is 316 g/mol. The Morgan fingerprint density at radius 3 is 3.00 bits per heavy atom. The van der Waals surface area contributed by atoms with Crippen LogP contribution in [-0.4, -0.2) is 18.5 Å². The van der Waals surface area contributed by atoms with E-state index in [-0.39, 0.29) is 11.9 Å². The Morgan fingerprint density at radius 1 is 1.50 bits per heavy atom. The average Bonchev–Trinajstić information content (AvgIpc) is 2.83. The topological polar surface area (TPSA) is 26.3 Å². The van der Waals surface area contributed by atoms with Crippen molar-refractivity contribution in [3.8, 4) is 0 Å². The van der Waals surface area contributed by atoms with Gasteiger partial charge in [-0.15, -0.1) is 0 Å². The van der Waals surface area contributed by atoms with Crippen LogP contribution in [0.25, 0.3) is 0 Å². The van der Waals surface area contributed by atoms with Gasteiger partial charge in [-0.1, -0.05) is 33.6 Å². The highest BCUT2D eigenvalue weighted by Crippen LogP contribution is 2.23. The first-order valence-electron chi connectivity index (χ1n) is 6.22. The molecule has 98 valence electrons. The summed E-state index contributed by atoms with van der Waals surface area (Å²) in [7, 11) is 0. The Balaban J connectivity index is 1.82. The van der Waals surface area contributed by atoms with Gasteiger partial charge in [-0.05, 0) is 37.0 Å². The molecule has 0 N–H and O–H groups in total. The Bertz CT molecular complexity index is 428. The van der Waals surface area contributed by atoms with Crippen molar-refractivity contribution in [2.24, 2.45) is 0 Å². The third kappa shape index (κ3) is 4.08. The molecule has 2 rings (SSSR count). The molecule has 1 aliphatic rings. The highest BCUT2D eigenvalue weighted by atomic mass is 79.9. The van der Waals surface area contributed by atoms with E-state index in [2.05, 4.69) is 15.9 Å². The van der Waals surface area contributed by atoms with Crippen LogP contribution < -0.4 is 0 Å². The van der Waals surface area contributed by atoms with Gasteiger partial charge in [0.05, 0.1) is 6.10 Å². The number of carbonyl (C=O) groups is 1. The van der Waals surface area contributed by atoms with Gasteiger partial charge in [0.15, 0.2) is 0 Å². The number of hydrogen-bond donors (Lipinski definition) is 0. The molecule has 1 atom stereocenters. The maximum atomic E-state index is 11.9. The van der Waals surface area contributed by atoms with Crippen molar-refractivity contribution in [2.45, 2.75) is 38.2 Å². The van der Waals surface area contributed by atoms with Crippen LogP contribution in [0.1, 0.15) is 31.2 Å². The van der Waals surface area contributed by atoms with Crippen LogP contribution in [0.15, 0.2) is 22.7 Å². The third-order valence-electron chi connectivity index (χ3n) is 3.17. The molecule has 0 spiro atoms. The fourth-order valence-electron chi connectivity index (χ4n) is 2.16. The first-order chi connectivity index (χ1) is 8.65. The van der Waals surface area contributed by atoms with Gasteiger partial charge in [0.25, 0.3) is 0 Å². The molecule has 1 unspecified atom stereocenters. The minimum Gasteiger partial charge on any atom is -0.378 e. The molecule has 1 saturated heterocycles. The van der Waals surface area contributed by atoms with E-state index in [1.807, 2.05) is 18.2 Å². The van der Waals surface area contributed by atoms with Crippen molar-refractivity contribution in [1.82, 2.24) is 0 Å². The largest absolute Gasteiger partial charge is 0.378 e. The van der Waals surface area contributed by atoms with Gasteiger partial charge >= 0.3 is 0 Å². The van der Waals surface area contributed by atoms with E-state index in [4.69, 9.17) is 16.3 Å². The number of rotatable bonds is 5. The minimum absolute atomic E-state index is 0.231. The summed E-state index contributed by atoms with van der Waals surface area (Å²) in [6.45, 7) is 0.845. The van der Waals surface area contributed by atoms with Crippen LogP contribution in [0.2, 0.25) is 5.02 Å². The fraction of sp³-hybridized carbons (Fsp3) is 0.500. The summed E-state index contributed by atoms with van der Waals surface area (Å²) >= 11 is 9.45.